The van der Waals surface area contributed by atoms with Gasteiger partial charge in [0.2, 0.25) is 10.0 Å². The number of hydrogen-bond acceptors (Lipinski definition) is 6. The zero-order valence-corrected chi connectivity index (χ0v) is 21.9. The molecule has 3 heterocycles. The van der Waals surface area contributed by atoms with Gasteiger partial charge >= 0.3 is 0 Å². The second kappa shape index (κ2) is 10.7. The Morgan fingerprint density at radius 3 is 2.67 bits per heavy atom. The maximum Gasteiger partial charge on any atom is 0.240 e. The topological polar surface area (TPSA) is 89.4 Å². The van der Waals surface area contributed by atoms with Crippen LogP contribution in [0.1, 0.15) is 61.0 Å². The Morgan fingerprint density at radius 1 is 1.11 bits per heavy atom. The fraction of sp³-hybridized carbons (Fsp3) is 0.481. The van der Waals surface area contributed by atoms with Crippen molar-refractivity contribution < 1.29 is 13.2 Å². The summed E-state index contributed by atoms with van der Waals surface area (Å²) in [6.07, 6.45) is 7.10. The molecule has 36 heavy (non-hydrogen) atoms. The van der Waals surface area contributed by atoms with Crippen LogP contribution in [0.3, 0.4) is 0 Å². The average molecular weight is 510 g/mol. The van der Waals surface area contributed by atoms with Crippen molar-refractivity contribution in [3.63, 3.8) is 0 Å². The standard InChI is InChI=1S/C27H35N5O3S/c1-20-6-9-24(10-7-20)36(33,34)29-21(2)16-23-19-32(30-28-23)26-12-15-35-27-17-22(8-11-25(26)27)18-31-13-4-3-5-14-31/h6-11,17,19,21,26,29H,3-5,12-16,18H2,1-2H3/t21-,26?/m0/s1. The third-order valence-corrected chi connectivity index (χ3v) is 8.63. The van der Waals surface area contributed by atoms with E-state index in [0.717, 1.165) is 35.5 Å². The normalized spacial score (nSPS) is 19.4. The van der Waals surface area contributed by atoms with Gasteiger partial charge in [0.15, 0.2) is 0 Å². The van der Waals surface area contributed by atoms with Gasteiger partial charge in [0.25, 0.3) is 0 Å². The van der Waals surface area contributed by atoms with Gasteiger partial charge in [-0.25, -0.2) is 17.8 Å². The summed E-state index contributed by atoms with van der Waals surface area (Å²) in [5, 5.41) is 8.74. The first kappa shape index (κ1) is 24.9. The molecule has 2 aliphatic rings. The zero-order valence-electron chi connectivity index (χ0n) is 21.1. The Labute approximate surface area is 213 Å². The first-order chi connectivity index (χ1) is 17.4. The van der Waals surface area contributed by atoms with Crippen LogP contribution in [0.5, 0.6) is 5.75 Å². The number of nitrogens with one attached hydrogen (secondary N) is 1. The monoisotopic (exact) mass is 509 g/mol. The Hall–Kier alpha value is -2.75. The third-order valence-electron chi connectivity index (χ3n) is 7.02. The summed E-state index contributed by atoms with van der Waals surface area (Å²) in [6.45, 7) is 7.71. The minimum absolute atomic E-state index is 0.0543. The Morgan fingerprint density at radius 2 is 1.89 bits per heavy atom. The summed E-state index contributed by atoms with van der Waals surface area (Å²) < 4.78 is 36.1. The van der Waals surface area contributed by atoms with Crippen LogP contribution in [0.4, 0.5) is 0 Å². The molecule has 0 spiro atoms. The van der Waals surface area contributed by atoms with E-state index in [4.69, 9.17) is 4.74 Å². The first-order valence-electron chi connectivity index (χ1n) is 12.8. The molecule has 2 aromatic carbocycles. The zero-order chi connectivity index (χ0) is 25.1. The quantitative estimate of drug-likeness (QED) is 0.496. The van der Waals surface area contributed by atoms with Crippen LogP contribution in [0.2, 0.25) is 0 Å². The number of likely N-dealkylation sites (tertiary alicyclic amines) is 1. The van der Waals surface area contributed by atoms with Gasteiger partial charge in [-0.05, 0) is 63.5 Å². The van der Waals surface area contributed by atoms with Crippen molar-refractivity contribution in [1.82, 2.24) is 24.6 Å². The van der Waals surface area contributed by atoms with Crippen LogP contribution < -0.4 is 9.46 Å². The highest BCUT2D eigenvalue weighted by Gasteiger charge is 2.26. The molecule has 1 unspecified atom stereocenters. The van der Waals surface area contributed by atoms with Gasteiger partial charge in [0.1, 0.15) is 5.75 Å². The van der Waals surface area contributed by atoms with Crippen LogP contribution in [-0.4, -0.2) is 54.0 Å². The molecule has 0 amide bonds. The molecular formula is C27H35N5O3S. The molecule has 5 rings (SSSR count). The number of piperidine rings is 1. The Balaban J connectivity index is 1.24. The summed E-state index contributed by atoms with van der Waals surface area (Å²) in [7, 11) is -3.59. The molecule has 0 bridgehead atoms. The summed E-state index contributed by atoms with van der Waals surface area (Å²) in [5.74, 6) is 0.928. The van der Waals surface area contributed by atoms with Crippen LogP contribution in [0, 0.1) is 6.92 Å². The lowest BCUT2D eigenvalue weighted by Gasteiger charge is -2.29. The molecule has 1 fully saturated rings. The van der Waals surface area contributed by atoms with E-state index in [1.165, 1.54) is 37.9 Å². The van der Waals surface area contributed by atoms with Crippen LogP contribution in [-0.2, 0) is 23.0 Å². The van der Waals surface area contributed by atoms with Crippen molar-refractivity contribution in [3.8, 4) is 5.75 Å². The molecule has 9 heteroatoms. The molecule has 0 radical (unpaired) electrons. The summed E-state index contributed by atoms with van der Waals surface area (Å²) in [6, 6.07) is 13.1. The van der Waals surface area contributed by atoms with Crippen LogP contribution >= 0.6 is 0 Å². The molecule has 3 aromatic rings. The van der Waals surface area contributed by atoms with E-state index in [0.29, 0.717) is 13.0 Å². The fourth-order valence-corrected chi connectivity index (χ4v) is 6.37. The second-order valence-electron chi connectivity index (χ2n) is 10.1. The van der Waals surface area contributed by atoms with E-state index in [2.05, 4.69) is 38.1 Å². The molecule has 192 valence electrons. The van der Waals surface area contributed by atoms with Crippen molar-refractivity contribution in [1.29, 1.82) is 0 Å². The van der Waals surface area contributed by atoms with Gasteiger partial charge in [0.05, 0.1) is 23.2 Å². The number of ether oxygens (including phenoxy) is 1. The first-order valence-corrected chi connectivity index (χ1v) is 14.3. The number of aryl methyl sites for hydroxylation is 1. The van der Waals surface area contributed by atoms with E-state index in [-0.39, 0.29) is 17.0 Å². The number of aromatic nitrogens is 3. The van der Waals surface area contributed by atoms with Crippen molar-refractivity contribution in [3.05, 3.63) is 71.0 Å². The van der Waals surface area contributed by atoms with Crippen LogP contribution in [0.25, 0.3) is 0 Å². The van der Waals surface area contributed by atoms with E-state index in [1.54, 1.807) is 24.3 Å². The van der Waals surface area contributed by atoms with Gasteiger partial charge in [-0.15, -0.1) is 5.10 Å². The highest BCUT2D eigenvalue weighted by molar-refractivity contribution is 7.89. The van der Waals surface area contributed by atoms with Gasteiger partial charge < -0.3 is 4.74 Å². The number of sulfonamides is 1. The molecular weight excluding hydrogens is 474 g/mol. The minimum atomic E-state index is -3.59. The van der Waals surface area contributed by atoms with E-state index in [9.17, 15) is 8.42 Å². The Bertz CT molecular complexity index is 1280. The lowest BCUT2D eigenvalue weighted by Crippen LogP contribution is -2.34. The van der Waals surface area contributed by atoms with Crippen molar-refractivity contribution >= 4 is 10.0 Å². The van der Waals surface area contributed by atoms with Crippen molar-refractivity contribution in [2.45, 2.75) is 69.5 Å². The Kier molecular flexibility index (Phi) is 7.41. The average Bonchev–Trinajstić information content (AvgIpc) is 3.32. The molecule has 1 N–H and O–H groups in total. The second-order valence-corrected chi connectivity index (χ2v) is 11.8. The molecule has 0 aliphatic carbocycles. The highest BCUT2D eigenvalue weighted by atomic mass is 32.2. The fourth-order valence-electron chi connectivity index (χ4n) is 5.13. The SMILES string of the molecule is Cc1ccc(S(=O)(=O)N[C@@H](C)Cc2cn(C3CCOc4cc(CN5CCCCC5)ccc43)nn2)cc1. The molecule has 0 saturated carbocycles. The molecule has 1 saturated heterocycles. The lowest BCUT2D eigenvalue weighted by molar-refractivity contribution is 0.219. The van der Waals surface area contributed by atoms with Crippen LogP contribution in [0.15, 0.2) is 53.6 Å². The summed E-state index contributed by atoms with van der Waals surface area (Å²) in [5.41, 5.74) is 4.17. The maximum atomic E-state index is 12.7. The van der Waals surface area contributed by atoms with Crippen molar-refractivity contribution in [2.24, 2.45) is 0 Å². The lowest BCUT2D eigenvalue weighted by atomic mass is 9.98. The van der Waals surface area contributed by atoms with E-state index in [1.807, 2.05) is 24.7 Å². The number of hydrogen-bond donors (Lipinski definition) is 1. The number of nitrogens with zero attached hydrogens (tertiary/aromatic N) is 4. The van der Waals surface area contributed by atoms with E-state index >= 15 is 0 Å². The summed E-state index contributed by atoms with van der Waals surface area (Å²) in [4.78, 5) is 2.78. The van der Waals surface area contributed by atoms with E-state index < -0.39 is 10.0 Å². The van der Waals surface area contributed by atoms with Gasteiger partial charge in [0, 0.05) is 37.2 Å². The molecule has 8 nitrogen and oxygen atoms in total. The number of fused-ring (bicyclic) bond motifs is 1. The highest BCUT2D eigenvalue weighted by Crippen LogP contribution is 2.35. The molecule has 2 aliphatic heterocycles. The maximum absolute atomic E-state index is 12.7. The number of benzene rings is 2. The number of rotatable bonds is 8. The third kappa shape index (κ3) is 5.79. The minimum Gasteiger partial charge on any atom is -0.493 e. The van der Waals surface area contributed by atoms with Gasteiger partial charge in [-0.2, -0.15) is 0 Å². The van der Waals surface area contributed by atoms with Gasteiger partial charge in [-0.1, -0.05) is 41.5 Å². The predicted molar refractivity (Wildman–Crippen MR) is 139 cm³/mol. The molecule has 1 aromatic heterocycles. The largest absolute Gasteiger partial charge is 0.493 e. The predicted octanol–water partition coefficient (Wildman–Crippen LogP) is 3.85. The summed E-state index contributed by atoms with van der Waals surface area (Å²) >= 11 is 0. The van der Waals surface area contributed by atoms with Gasteiger partial charge in [-0.3, -0.25) is 4.90 Å². The molecule has 2 atom stereocenters. The van der Waals surface area contributed by atoms with Crippen molar-refractivity contribution in [2.75, 3.05) is 19.7 Å². The smallest absolute Gasteiger partial charge is 0.240 e.